The van der Waals surface area contributed by atoms with E-state index in [1.165, 1.54) is 16.7 Å². The lowest BCUT2D eigenvalue weighted by molar-refractivity contribution is -0.135. The standard InChI is InChI=1S/C25H29N3O4S/c1-17-11-12-20(32-2)18(15-17)26-22(29)16-28-19-9-5-6-10-21(19)33-23(25(28)31)24(30)27-13-7-3-4-8-14-27/h5-6,9-12,15,23H,3-4,7-8,13-14,16H2,1-2H3,(H,26,29). The molecule has 1 fully saturated rings. The largest absolute Gasteiger partial charge is 0.495 e. The first-order valence-electron chi connectivity index (χ1n) is 11.3. The highest BCUT2D eigenvalue weighted by Crippen LogP contribution is 2.40. The van der Waals surface area contributed by atoms with Gasteiger partial charge in [0.2, 0.25) is 11.8 Å². The van der Waals surface area contributed by atoms with Crippen LogP contribution in [0.25, 0.3) is 0 Å². The molecular formula is C25H29N3O4S. The average Bonchev–Trinajstić information content (AvgIpc) is 3.10. The Hall–Kier alpha value is -3.00. The lowest BCUT2D eigenvalue weighted by atomic mass is 10.2. The number of amides is 3. The molecule has 0 aliphatic carbocycles. The zero-order chi connectivity index (χ0) is 23.4. The number of carbonyl (C=O) groups is 3. The first-order valence-corrected chi connectivity index (χ1v) is 12.2. The van der Waals surface area contributed by atoms with E-state index in [-0.39, 0.29) is 24.3 Å². The van der Waals surface area contributed by atoms with Crippen LogP contribution in [0.15, 0.2) is 47.4 Å². The van der Waals surface area contributed by atoms with E-state index in [2.05, 4.69) is 5.32 Å². The van der Waals surface area contributed by atoms with Crippen LogP contribution < -0.4 is 15.0 Å². The lowest BCUT2D eigenvalue weighted by Gasteiger charge is -2.34. The van der Waals surface area contributed by atoms with E-state index in [0.717, 1.165) is 36.1 Å². The number of hydrogen-bond donors (Lipinski definition) is 1. The third-order valence-corrected chi connectivity index (χ3v) is 7.20. The first-order chi connectivity index (χ1) is 16.0. The highest BCUT2D eigenvalue weighted by Gasteiger charge is 2.40. The van der Waals surface area contributed by atoms with Crippen LogP contribution in [0.1, 0.15) is 31.2 Å². The number of thioether (sulfide) groups is 1. The Morgan fingerprint density at radius 2 is 1.82 bits per heavy atom. The molecule has 2 aromatic carbocycles. The summed E-state index contributed by atoms with van der Waals surface area (Å²) in [6, 6.07) is 12.9. The second kappa shape index (κ2) is 10.3. The molecule has 174 valence electrons. The number of methoxy groups -OCH3 is 1. The zero-order valence-electron chi connectivity index (χ0n) is 19.0. The fourth-order valence-electron chi connectivity index (χ4n) is 4.25. The van der Waals surface area contributed by atoms with E-state index in [1.54, 1.807) is 13.2 Å². The van der Waals surface area contributed by atoms with Gasteiger partial charge in [-0.3, -0.25) is 14.4 Å². The molecule has 0 aromatic heterocycles. The fourth-order valence-corrected chi connectivity index (χ4v) is 5.43. The molecule has 33 heavy (non-hydrogen) atoms. The maximum Gasteiger partial charge on any atom is 0.250 e. The molecule has 1 atom stereocenters. The van der Waals surface area contributed by atoms with Crippen LogP contribution in [-0.2, 0) is 14.4 Å². The van der Waals surface area contributed by atoms with Crippen molar-refractivity contribution in [1.29, 1.82) is 0 Å². The number of ether oxygens (including phenoxy) is 1. The summed E-state index contributed by atoms with van der Waals surface area (Å²) in [7, 11) is 1.54. The van der Waals surface area contributed by atoms with Crippen molar-refractivity contribution in [2.75, 3.05) is 37.0 Å². The van der Waals surface area contributed by atoms with Crippen molar-refractivity contribution >= 4 is 40.9 Å². The maximum absolute atomic E-state index is 13.5. The predicted molar refractivity (Wildman–Crippen MR) is 130 cm³/mol. The Morgan fingerprint density at radius 1 is 1.09 bits per heavy atom. The van der Waals surface area contributed by atoms with E-state index < -0.39 is 5.25 Å². The lowest BCUT2D eigenvalue weighted by Crippen LogP contribution is -2.51. The Bertz CT molecular complexity index is 1050. The van der Waals surface area contributed by atoms with Crippen molar-refractivity contribution in [3.8, 4) is 5.75 Å². The number of aryl methyl sites for hydroxylation is 1. The summed E-state index contributed by atoms with van der Waals surface area (Å²) >= 11 is 1.28. The van der Waals surface area contributed by atoms with Gasteiger partial charge in [-0.2, -0.15) is 0 Å². The van der Waals surface area contributed by atoms with Crippen LogP contribution in [0.5, 0.6) is 5.75 Å². The SMILES string of the molecule is COc1ccc(C)cc1NC(=O)CN1C(=O)C(C(=O)N2CCCCCC2)Sc2ccccc21. The number of para-hydroxylation sites is 1. The molecule has 7 nitrogen and oxygen atoms in total. The number of likely N-dealkylation sites (tertiary alicyclic amines) is 1. The van der Waals surface area contributed by atoms with Crippen molar-refractivity contribution in [2.45, 2.75) is 42.8 Å². The molecule has 4 rings (SSSR count). The zero-order valence-corrected chi connectivity index (χ0v) is 19.8. The maximum atomic E-state index is 13.5. The predicted octanol–water partition coefficient (Wildman–Crippen LogP) is 3.85. The third kappa shape index (κ3) is 5.16. The molecule has 2 aromatic rings. The minimum Gasteiger partial charge on any atom is -0.495 e. The van der Waals surface area contributed by atoms with Gasteiger partial charge in [0.25, 0.3) is 5.91 Å². The van der Waals surface area contributed by atoms with Gasteiger partial charge in [-0.1, -0.05) is 31.0 Å². The smallest absolute Gasteiger partial charge is 0.250 e. The Balaban J connectivity index is 1.56. The van der Waals surface area contributed by atoms with Crippen molar-refractivity contribution in [3.05, 3.63) is 48.0 Å². The van der Waals surface area contributed by atoms with Crippen molar-refractivity contribution in [2.24, 2.45) is 0 Å². The van der Waals surface area contributed by atoms with Crippen LogP contribution in [0.3, 0.4) is 0 Å². The number of fused-ring (bicyclic) bond motifs is 1. The second-order valence-electron chi connectivity index (χ2n) is 8.38. The van der Waals surface area contributed by atoms with E-state index in [4.69, 9.17) is 4.74 Å². The Kier molecular flexibility index (Phi) is 7.23. The summed E-state index contributed by atoms with van der Waals surface area (Å²) in [5.74, 6) is -0.314. The first kappa shape index (κ1) is 23.2. The van der Waals surface area contributed by atoms with Crippen molar-refractivity contribution < 1.29 is 19.1 Å². The molecule has 2 heterocycles. The Labute approximate surface area is 198 Å². The monoisotopic (exact) mass is 467 g/mol. The van der Waals surface area contributed by atoms with Gasteiger partial charge in [-0.25, -0.2) is 0 Å². The minimum absolute atomic E-state index is 0.160. The van der Waals surface area contributed by atoms with Gasteiger partial charge in [-0.05, 0) is 49.6 Å². The number of rotatable bonds is 5. The molecule has 1 N–H and O–H groups in total. The van der Waals surface area contributed by atoms with E-state index >= 15 is 0 Å². The molecule has 0 radical (unpaired) electrons. The average molecular weight is 468 g/mol. The van der Waals surface area contributed by atoms with Crippen molar-refractivity contribution in [3.63, 3.8) is 0 Å². The van der Waals surface area contributed by atoms with Crippen LogP contribution in [0.2, 0.25) is 0 Å². The fraction of sp³-hybridized carbons (Fsp3) is 0.400. The van der Waals surface area contributed by atoms with E-state index in [9.17, 15) is 14.4 Å². The molecule has 2 aliphatic heterocycles. The molecule has 8 heteroatoms. The number of nitrogens with zero attached hydrogens (tertiary/aromatic N) is 2. The van der Waals surface area contributed by atoms with Gasteiger partial charge in [0.1, 0.15) is 12.3 Å². The molecular weight excluding hydrogens is 438 g/mol. The number of hydrogen-bond acceptors (Lipinski definition) is 5. The summed E-state index contributed by atoms with van der Waals surface area (Å²) in [6.45, 7) is 3.10. The van der Waals surface area contributed by atoms with Gasteiger partial charge in [0, 0.05) is 18.0 Å². The van der Waals surface area contributed by atoms with Crippen LogP contribution in [0.4, 0.5) is 11.4 Å². The van der Waals surface area contributed by atoms with Crippen molar-refractivity contribution in [1.82, 2.24) is 4.90 Å². The Morgan fingerprint density at radius 3 is 2.55 bits per heavy atom. The van der Waals surface area contributed by atoms with Crippen LogP contribution in [-0.4, -0.2) is 54.6 Å². The molecule has 1 saturated heterocycles. The topological polar surface area (TPSA) is 79.0 Å². The third-order valence-electron chi connectivity index (χ3n) is 5.96. The number of nitrogens with one attached hydrogen (secondary N) is 1. The molecule has 0 saturated carbocycles. The molecule has 0 bridgehead atoms. The van der Waals surface area contributed by atoms with Gasteiger partial charge in [0.05, 0.1) is 18.5 Å². The summed E-state index contributed by atoms with van der Waals surface area (Å²) in [5.41, 5.74) is 2.18. The normalized spacial score (nSPS) is 18.4. The summed E-state index contributed by atoms with van der Waals surface area (Å²) < 4.78 is 5.35. The second-order valence-corrected chi connectivity index (χ2v) is 9.53. The van der Waals surface area contributed by atoms with Gasteiger partial charge < -0.3 is 19.9 Å². The molecule has 1 unspecified atom stereocenters. The highest BCUT2D eigenvalue weighted by atomic mass is 32.2. The summed E-state index contributed by atoms with van der Waals surface area (Å²) in [5, 5.41) is 1.98. The minimum atomic E-state index is -0.876. The van der Waals surface area contributed by atoms with E-state index in [0.29, 0.717) is 30.2 Å². The number of carbonyl (C=O) groups excluding carboxylic acids is 3. The highest BCUT2D eigenvalue weighted by molar-refractivity contribution is 8.01. The summed E-state index contributed by atoms with van der Waals surface area (Å²) in [4.78, 5) is 43.8. The number of benzene rings is 2. The van der Waals surface area contributed by atoms with Crippen LogP contribution in [0, 0.1) is 6.92 Å². The van der Waals surface area contributed by atoms with Gasteiger partial charge in [0.15, 0.2) is 5.25 Å². The van der Waals surface area contributed by atoms with Gasteiger partial charge in [-0.15, -0.1) is 11.8 Å². The molecule has 0 spiro atoms. The van der Waals surface area contributed by atoms with Crippen LogP contribution >= 0.6 is 11.8 Å². The number of anilines is 2. The molecule has 2 aliphatic rings. The molecule has 3 amide bonds. The van der Waals surface area contributed by atoms with Gasteiger partial charge >= 0.3 is 0 Å². The summed E-state index contributed by atoms with van der Waals surface area (Å²) in [6.07, 6.45) is 4.12. The van der Waals surface area contributed by atoms with E-state index in [1.807, 2.05) is 48.2 Å². The quantitative estimate of drug-likeness (QED) is 0.676.